The lowest BCUT2D eigenvalue weighted by atomic mass is 9.99. The van der Waals surface area contributed by atoms with Gasteiger partial charge in [-0.25, -0.2) is 0 Å². The molecule has 0 aromatic rings. The molecule has 0 aromatic carbocycles. The minimum atomic E-state index is -0.762. The molecule has 0 amide bonds. The molecule has 0 heterocycles. The van der Waals surface area contributed by atoms with Crippen molar-refractivity contribution >= 4 is 17.9 Å². The summed E-state index contributed by atoms with van der Waals surface area (Å²) in [5.41, 5.74) is 0. The monoisotopic (exact) mass is 891 g/mol. The first-order chi connectivity index (χ1) is 30.8. The van der Waals surface area contributed by atoms with Gasteiger partial charge in [-0.05, 0) is 31.1 Å². The number of ether oxygens (including phenoxy) is 3. The molecule has 0 radical (unpaired) electrons. The zero-order chi connectivity index (χ0) is 46.1. The topological polar surface area (TPSA) is 78.9 Å². The van der Waals surface area contributed by atoms with E-state index >= 15 is 0 Å². The molecular weight excluding hydrogens is 781 g/mol. The number of hydrogen-bond acceptors (Lipinski definition) is 6. The van der Waals surface area contributed by atoms with Crippen LogP contribution in [-0.4, -0.2) is 37.2 Å². The van der Waals surface area contributed by atoms with Gasteiger partial charge in [0.1, 0.15) is 13.2 Å². The smallest absolute Gasteiger partial charge is 0.306 e. The molecule has 0 aliphatic rings. The van der Waals surface area contributed by atoms with Crippen LogP contribution in [-0.2, 0) is 28.6 Å². The number of carbonyl (C=O) groups is 3. The third-order valence-electron chi connectivity index (χ3n) is 13.3. The lowest BCUT2D eigenvalue weighted by Gasteiger charge is -2.18. The molecule has 6 nitrogen and oxygen atoms in total. The van der Waals surface area contributed by atoms with Crippen LogP contribution in [0, 0.1) is 11.8 Å². The molecule has 0 rings (SSSR count). The van der Waals surface area contributed by atoms with Crippen LogP contribution in [0.2, 0.25) is 0 Å². The van der Waals surface area contributed by atoms with E-state index < -0.39 is 6.10 Å². The lowest BCUT2D eigenvalue weighted by molar-refractivity contribution is -0.167. The van der Waals surface area contributed by atoms with Gasteiger partial charge in [0.15, 0.2) is 6.10 Å². The first-order valence-corrected chi connectivity index (χ1v) is 28.3. The lowest BCUT2D eigenvalue weighted by Crippen LogP contribution is -2.30. The molecule has 0 bridgehead atoms. The Bertz CT molecular complexity index is 964. The van der Waals surface area contributed by atoms with Crippen LogP contribution in [0.25, 0.3) is 0 Å². The van der Waals surface area contributed by atoms with Gasteiger partial charge in [0.25, 0.3) is 0 Å². The summed E-state index contributed by atoms with van der Waals surface area (Å²) in [6.07, 6.45) is 52.5. The quantitative estimate of drug-likeness (QED) is 0.0344. The largest absolute Gasteiger partial charge is 0.462 e. The third-order valence-corrected chi connectivity index (χ3v) is 13.3. The van der Waals surface area contributed by atoms with Crippen molar-refractivity contribution in [3.05, 3.63) is 0 Å². The average molecular weight is 892 g/mol. The highest BCUT2D eigenvalue weighted by atomic mass is 16.6. The van der Waals surface area contributed by atoms with Crippen LogP contribution in [0.3, 0.4) is 0 Å². The molecule has 1 unspecified atom stereocenters. The maximum Gasteiger partial charge on any atom is 0.306 e. The fourth-order valence-electron chi connectivity index (χ4n) is 8.66. The van der Waals surface area contributed by atoms with E-state index in [9.17, 15) is 14.4 Å². The Labute approximate surface area is 393 Å². The second-order valence-corrected chi connectivity index (χ2v) is 20.3. The molecule has 0 aliphatic heterocycles. The van der Waals surface area contributed by atoms with Gasteiger partial charge in [-0.15, -0.1) is 0 Å². The summed E-state index contributed by atoms with van der Waals surface area (Å²) in [5, 5.41) is 0. The molecule has 6 heteroatoms. The van der Waals surface area contributed by atoms with E-state index in [4.69, 9.17) is 14.2 Å². The summed E-state index contributed by atoms with van der Waals surface area (Å²) in [5.74, 6) is 0.821. The van der Waals surface area contributed by atoms with Crippen molar-refractivity contribution < 1.29 is 28.6 Å². The second-order valence-electron chi connectivity index (χ2n) is 20.3. The minimum Gasteiger partial charge on any atom is -0.462 e. The Morgan fingerprint density at radius 1 is 0.333 bits per heavy atom. The van der Waals surface area contributed by atoms with Crippen LogP contribution < -0.4 is 0 Å². The molecular formula is C57H110O6. The summed E-state index contributed by atoms with van der Waals surface area (Å²) in [7, 11) is 0. The average Bonchev–Trinajstić information content (AvgIpc) is 3.27. The van der Waals surface area contributed by atoms with Crippen molar-refractivity contribution in [3.63, 3.8) is 0 Å². The van der Waals surface area contributed by atoms with Crippen molar-refractivity contribution in [2.45, 2.75) is 323 Å². The summed E-state index contributed by atoms with van der Waals surface area (Å²) in [4.78, 5) is 38.0. The maximum atomic E-state index is 12.7. The molecule has 0 saturated carbocycles. The van der Waals surface area contributed by atoms with Crippen LogP contribution in [0.4, 0.5) is 0 Å². The molecule has 2 atom stereocenters. The Morgan fingerprint density at radius 2 is 0.603 bits per heavy atom. The van der Waals surface area contributed by atoms with E-state index in [2.05, 4.69) is 34.6 Å². The van der Waals surface area contributed by atoms with Crippen LogP contribution >= 0.6 is 0 Å². The van der Waals surface area contributed by atoms with Crippen LogP contribution in [0.1, 0.15) is 317 Å². The molecule has 0 spiro atoms. The van der Waals surface area contributed by atoms with Crippen molar-refractivity contribution in [2.24, 2.45) is 11.8 Å². The van der Waals surface area contributed by atoms with Crippen LogP contribution in [0.5, 0.6) is 0 Å². The van der Waals surface area contributed by atoms with E-state index in [0.717, 1.165) is 69.6 Å². The highest BCUT2D eigenvalue weighted by Gasteiger charge is 2.19. The van der Waals surface area contributed by atoms with Gasteiger partial charge in [-0.3, -0.25) is 14.4 Å². The van der Waals surface area contributed by atoms with Crippen molar-refractivity contribution in [2.75, 3.05) is 13.2 Å². The second kappa shape index (κ2) is 49.8. The fraction of sp³-hybridized carbons (Fsp3) is 0.947. The number of hydrogen-bond donors (Lipinski definition) is 0. The summed E-state index contributed by atoms with van der Waals surface area (Å²) in [6.45, 7) is 11.4. The van der Waals surface area contributed by atoms with Gasteiger partial charge in [-0.1, -0.05) is 279 Å². The van der Waals surface area contributed by atoms with E-state index in [0.29, 0.717) is 19.3 Å². The van der Waals surface area contributed by atoms with Crippen molar-refractivity contribution in [1.82, 2.24) is 0 Å². The van der Waals surface area contributed by atoms with Crippen LogP contribution in [0.15, 0.2) is 0 Å². The highest BCUT2D eigenvalue weighted by molar-refractivity contribution is 5.71. The van der Waals surface area contributed by atoms with Gasteiger partial charge < -0.3 is 14.2 Å². The number of unbranched alkanes of at least 4 members (excludes halogenated alkanes) is 35. The molecule has 0 N–H and O–H groups in total. The third kappa shape index (κ3) is 49.7. The maximum absolute atomic E-state index is 12.7. The number of rotatable bonds is 51. The van der Waals surface area contributed by atoms with Gasteiger partial charge >= 0.3 is 17.9 Å². The Morgan fingerprint density at radius 3 is 0.905 bits per heavy atom. The summed E-state index contributed by atoms with van der Waals surface area (Å²) < 4.78 is 16.8. The molecule has 63 heavy (non-hydrogen) atoms. The summed E-state index contributed by atoms with van der Waals surface area (Å²) in [6, 6.07) is 0. The zero-order valence-electron chi connectivity index (χ0n) is 43.2. The van der Waals surface area contributed by atoms with Gasteiger partial charge in [0.2, 0.25) is 0 Å². The number of carbonyl (C=O) groups excluding carboxylic acids is 3. The zero-order valence-corrected chi connectivity index (χ0v) is 43.2. The van der Waals surface area contributed by atoms with E-state index in [1.807, 2.05) is 0 Å². The van der Waals surface area contributed by atoms with E-state index in [1.165, 1.54) is 205 Å². The molecule has 0 aromatic heterocycles. The molecule has 0 fully saturated rings. The molecule has 374 valence electrons. The highest BCUT2D eigenvalue weighted by Crippen LogP contribution is 2.18. The Hall–Kier alpha value is -1.59. The Kier molecular flexibility index (Phi) is 48.6. The van der Waals surface area contributed by atoms with E-state index in [1.54, 1.807) is 0 Å². The number of esters is 3. The van der Waals surface area contributed by atoms with Gasteiger partial charge in [-0.2, -0.15) is 0 Å². The summed E-state index contributed by atoms with van der Waals surface area (Å²) >= 11 is 0. The first-order valence-electron chi connectivity index (χ1n) is 28.3. The predicted molar refractivity (Wildman–Crippen MR) is 270 cm³/mol. The SMILES string of the molecule is CCCCCCCCCCCCCCCCC(=O)OC[C@@H](COC(=O)CCCCCCCCCCCCCCCCCCCCC(C)CC)OC(=O)CCCCCCCCC(C)C. The molecule has 0 saturated heterocycles. The first kappa shape index (κ1) is 61.4. The Balaban J connectivity index is 4.15. The van der Waals surface area contributed by atoms with Crippen molar-refractivity contribution in [1.29, 1.82) is 0 Å². The minimum absolute atomic E-state index is 0.0642. The fourth-order valence-corrected chi connectivity index (χ4v) is 8.66. The standard InChI is InChI=1S/C57H110O6/c1-6-8-9-10-11-12-13-14-22-25-28-31-37-42-47-55(58)61-50-54(63-57(60)49-44-39-34-33-35-40-45-52(3)4)51-62-56(59)48-43-38-32-29-26-23-20-18-16-15-17-19-21-24-27-30-36-41-46-53(5)7-2/h52-54H,6-51H2,1-5H3/t53?,54-/m0/s1. The van der Waals surface area contributed by atoms with Gasteiger partial charge in [0.05, 0.1) is 0 Å². The molecule has 0 aliphatic carbocycles. The van der Waals surface area contributed by atoms with Gasteiger partial charge in [0, 0.05) is 19.3 Å². The predicted octanol–water partition coefficient (Wildman–Crippen LogP) is 18.5. The van der Waals surface area contributed by atoms with E-state index in [-0.39, 0.29) is 31.1 Å². The van der Waals surface area contributed by atoms with Crippen molar-refractivity contribution in [3.8, 4) is 0 Å². The normalized spacial score (nSPS) is 12.5.